The smallest absolute Gasteiger partial charge is 0.163 e. The maximum Gasteiger partial charge on any atom is 0.163 e. The summed E-state index contributed by atoms with van der Waals surface area (Å²) in [4.78, 5) is 11.5. The molecule has 4 N–H and O–H groups in total. The zero-order chi connectivity index (χ0) is 23.5. The number of pyridine rings is 1. The van der Waals surface area contributed by atoms with Gasteiger partial charge in [0, 0.05) is 56.5 Å². The molecule has 0 spiro atoms. The highest BCUT2D eigenvalue weighted by Gasteiger charge is 2.23. The number of rotatable bonds is 8. The van der Waals surface area contributed by atoms with Gasteiger partial charge in [-0.3, -0.25) is 0 Å². The van der Waals surface area contributed by atoms with E-state index in [9.17, 15) is 5.11 Å². The molecule has 0 saturated carbocycles. The van der Waals surface area contributed by atoms with Crippen molar-refractivity contribution in [3.05, 3.63) is 41.7 Å². The molecule has 1 fully saturated rings. The topological polar surface area (TPSA) is 103 Å². The van der Waals surface area contributed by atoms with Crippen LogP contribution in [0.3, 0.4) is 0 Å². The lowest BCUT2D eigenvalue weighted by Gasteiger charge is -2.28. The molecular formula is C24H36N8O. The molecule has 4 rings (SSSR count). The van der Waals surface area contributed by atoms with E-state index in [4.69, 9.17) is 4.98 Å². The van der Waals surface area contributed by atoms with Crippen LogP contribution in [0.1, 0.15) is 50.3 Å². The molecule has 3 atom stereocenters. The number of nitrogens with zero attached hydrogens (tertiary/aromatic N) is 5. The molecule has 0 aromatic carbocycles. The normalized spacial score (nSPS) is 19.6. The van der Waals surface area contributed by atoms with Crippen LogP contribution in [0.5, 0.6) is 0 Å². The van der Waals surface area contributed by atoms with Crippen molar-refractivity contribution in [2.24, 2.45) is 5.92 Å². The number of β-amino-alcohol motifs (C(OH)–C–C–N with tert-alkyl or cyclic N) is 1. The minimum Gasteiger partial charge on any atom is -0.391 e. The first-order valence-corrected chi connectivity index (χ1v) is 11.7. The minimum absolute atomic E-state index is 0.00694. The van der Waals surface area contributed by atoms with E-state index in [2.05, 4.69) is 52.9 Å². The zero-order valence-corrected chi connectivity index (χ0v) is 20.2. The Hall–Kier alpha value is -2.91. The van der Waals surface area contributed by atoms with Crippen molar-refractivity contribution in [1.29, 1.82) is 0 Å². The van der Waals surface area contributed by atoms with Crippen LogP contribution in [0, 0.1) is 5.92 Å². The van der Waals surface area contributed by atoms with E-state index in [0.717, 1.165) is 47.2 Å². The van der Waals surface area contributed by atoms with Gasteiger partial charge >= 0.3 is 0 Å². The Morgan fingerprint density at radius 1 is 1.27 bits per heavy atom. The quantitative estimate of drug-likeness (QED) is 0.414. The van der Waals surface area contributed by atoms with E-state index in [1.165, 1.54) is 0 Å². The number of aromatic nitrogens is 4. The van der Waals surface area contributed by atoms with Crippen LogP contribution in [0.15, 0.2) is 30.6 Å². The first-order chi connectivity index (χ1) is 15.8. The summed E-state index contributed by atoms with van der Waals surface area (Å²) in [5.41, 5.74) is 3.05. The highest BCUT2D eigenvalue weighted by Crippen LogP contribution is 2.29. The standard InChI is InChI=1S/C24H36N8O/c1-15(2)19-13-28-32-22(29-16(3)18-7-6-9-26-23(18)31(4)5)11-21(30-24(19)32)27-12-17-8-10-25-14-20(17)33/h6-7,9,11,13,15-17,20,25,29,33H,8,10,12,14H2,1-5H3,(H,27,30)/t16?,17-,20+/m1/s1. The lowest BCUT2D eigenvalue weighted by molar-refractivity contribution is 0.0883. The molecule has 178 valence electrons. The van der Waals surface area contributed by atoms with Crippen LogP contribution in [0.2, 0.25) is 0 Å². The molecule has 9 heteroatoms. The molecule has 33 heavy (non-hydrogen) atoms. The summed E-state index contributed by atoms with van der Waals surface area (Å²) in [6.07, 6.45) is 4.31. The molecule has 1 unspecified atom stereocenters. The maximum atomic E-state index is 10.3. The fraction of sp³-hybridized carbons (Fsp3) is 0.542. The number of aliphatic hydroxyl groups is 1. The third kappa shape index (κ3) is 5.04. The van der Waals surface area contributed by atoms with Crippen LogP contribution in [-0.2, 0) is 0 Å². The number of nitrogens with one attached hydrogen (secondary N) is 3. The largest absolute Gasteiger partial charge is 0.391 e. The molecule has 3 aromatic rings. The van der Waals surface area contributed by atoms with E-state index in [-0.39, 0.29) is 18.1 Å². The number of piperidine rings is 1. The van der Waals surface area contributed by atoms with Crippen molar-refractivity contribution >= 4 is 23.1 Å². The maximum absolute atomic E-state index is 10.3. The summed E-state index contributed by atoms with van der Waals surface area (Å²) in [7, 11) is 4.01. The molecule has 0 bridgehead atoms. The van der Waals surface area contributed by atoms with Gasteiger partial charge < -0.3 is 26.0 Å². The number of aliphatic hydroxyl groups excluding tert-OH is 1. The number of anilines is 3. The second-order valence-corrected chi connectivity index (χ2v) is 9.39. The van der Waals surface area contributed by atoms with Gasteiger partial charge in [-0.25, -0.2) is 9.97 Å². The van der Waals surface area contributed by atoms with E-state index >= 15 is 0 Å². The average Bonchev–Trinajstić information content (AvgIpc) is 3.23. The fourth-order valence-electron chi connectivity index (χ4n) is 4.37. The highest BCUT2D eigenvalue weighted by atomic mass is 16.3. The predicted molar refractivity (Wildman–Crippen MR) is 133 cm³/mol. The fourth-order valence-corrected chi connectivity index (χ4v) is 4.37. The van der Waals surface area contributed by atoms with Crippen LogP contribution >= 0.6 is 0 Å². The van der Waals surface area contributed by atoms with Crippen molar-refractivity contribution in [1.82, 2.24) is 24.9 Å². The van der Waals surface area contributed by atoms with Crippen molar-refractivity contribution in [2.45, 2.75) is 45.3 Å². The Balaban J connectivity index is 1.65. The van der Waals surface area contributed by atoms with E-state index in [1.54, 1.807) is 0 Å². The third-order valence-corrected chi connectivity index (χ3v) is 6.33. The Bertz CT molecular complexity index is 1080. The second-order valence-electron chi connectivity index (χ2n) is 9.39. The third-order valence-electron chi connectivity index (χ3n) is 6.33. The van der Waals surface area contributed by atoms with E-state index in [0.29, 0.717) is 19.0 Å². The zero-order valence-electron chi connectivity index (χ0n) is 20.2. The molecule has 0 aliphatic carbocycles. The average molecular weight is 453 g/mol. The molecule has 3 aromatic heterocycles. The molecule has 1 aliphatic rings. The molecule has 0 amide bonds. The number of fused-ring (bicyclic) bond motifs is 1. The molecular weight excluding hydrogens is 416 g/mol. The van der Waals surface area contributed by atoms with Gasteiger partial charge in [0.1, 0.15) is 17.5 Å². The van der Waals surface area contributed by atoms with Crippen molar-refractivity contribution < 1.29 is 5.11 Å². The first kappa shape index (κ1) is 23.3. The van der Waals surface area contributed by atoms with Gasteiger partial charge in [-0.2, -0.15) is 9.61 Å². The van der Waals surface area contributed by atoms with E-state index in [1.807, 2.05) is 48.0 Å². The van der Waals surface area contributed by atoms with Crippen LogP contribution in [0.25, 0.3) is 5.65 Å². The van der Waals surface area contributed by atoms with Crippen LogP contribution in [0.4, 0.5) is 17.5 Å². The summed E-state index contributed by atoms with van der Waals surface area (Å²) in [5, 5.41) is 25.3. The van der Waals surface area contributed by atoms with Gasteiger partial charge in [0.05, 0.1) is 18.3 Å². The predicted octanol–water partition coefficient (Wildman–Crippen LogP) is 2.87. The van der Waals surface area contributed by atoms with Crippen molar-refractivity contribution in [3.8, 4) is 0 Å². The Labute approximate surface area is 195 Å². The molecule has 0 radical (unpaired) electrons. The van der Waals surface area contributed by atoms with Gasteiger partial charge in [0.15, 0.2) is 5.65 Å². The monoisotopic (exact) mass is 452 g/mol. The summed E-state index contributed by atoms with van der Waals surface area (Å²) < 4.78 is 1.88. The number of hydrogen-bond acceptors (Lipinski definition) is 8. The molecule has 1 saturated heterocycles. The molecule has 1 aliphatic heterocycles. The van der Waals surface area contributed by atoms with Crippen molar-refractivity contribution in [2.75, 3.05) is 49.3 Å². The Morgan fingerprint density at radius 2 is 2.09 bits per heavy atom. The van der Waals surface area contributed by atoms with Crippen LogP contribution in [-0.4, -0.2) is 64.5 Å². The van der Waals surface area contributed by atoms with Crippen LogP contribution < -0.4 is 20.9 Å². The lowest BCUT2D eigenvalue weighted by atomic mass is 9.95. The Morgan fingerprint density at radius 3 is 2.82 bits per heavy atom. The van der Waals surface area contributed by atoms with Gasteiger partial charge in [0.2, 0.25) is 0 Å². The first-order valence-electron chi connectivity index (χ1n) is 11.7. The lowest BCUT2D eigenvalue weighted by Crippen LogP contribution is -2.43. The summed E-state index contributed by atoms with van der Waals surface area (Å²) in [5.74, 6) is 3.09. The van der Waals surface area contributed by atoms with Gasteiger partial charge in [0.25, 0.3) is 0 Å². The van der Waals surface area contributed by atoms with Gasteiger partial charge in [-0.1, -0.05) is 19.9 Å². The minimum atomic E-state index is -0.344. The SMILES string of the molecule is CC(C)c1cnn2c(NC(C)c3cccnc3N(C)C)cc(NC[C@H]3CCNC[C@@H]3O)nc12. The second kappa shape index (κ2) is 9.93. The summed E-state index contributed by atoms with van der Waals surface area (Å²) in [6, 6.07) is 6.07. The van der Waals surface area contributed by atoms with Crippen molar-refractivity contribution in [3.63, 3.8) is 0 Å². The highest BCUT2D eigenvalue weighted by molar-refractivity contribution is 5.62. The summed E-state index contributed by atoms with van der Waals surface area (Å²) in [6.45, 7) is 8.68. The molecule has 4 heterocycles. The van der Waals surface area contributed by atoms with E-state index < -0.39 is 0 Å². The van der Waals surface area contributed by atoms with Gasteiger partial charge in [-0.15, -0.1) is 0 Å². The molecule has 9 nitrogen and oxygen atoms in total. The Kier molecular flexibility index (Phi) is 6.99. The number of hydrogen-bond donors (Lipinski definition) is 4. The van der Waals surface area contributed by atoms with Gasteiger partial charge in [-0.05, 0) is 31.9 Å². The summed E-state index contributed by atoms with van der Waals surface area (Å²) >= 11 is 0.